The van der Waals surface area contributed by atoms with E-state index in [0.29, 0.717) is 0 Å². The average Bonchev–Trinajstić information content (AvgIpc) is 0.811. The van der Waals surface area contributed by atoms with Gasteiger partial charge in [-0.25, -0.2) is 0 Å². The average molecular weight is 171 g/mol. The van der Waals surface area contributed by atoms with E-state index in [1.807, 2.05) is 0 Å². The number of rotatable bonds is 0. The van der Waals surface area contributed by atoms with Crippen LogP contribution in [0.5, 0.6) is 0 Å². The first-order valence-corrected chi connectivity index (χ1v) is 1.80. The Morgan fingerprint density at radius 3 is 1.00 bits per heavy atom. The van der Waals surface area contributed by atoms with E-state index < -0.39 is 8.60 Å². The van der Waals surface area contributed by atoms with Crippen LogP contribution < -0.4 is 0 Å². The molecule has 0 fully saturated rings. The van der Waals surface area contributed by atoms with Crippen LogP contribution in [0.3, 0.4) is 0 Å². The van der Waals surface area contributed by atoms with Gasteiger partial charge in [-0.3, -0.25) is 0 Å². The van der Waals surface area contributed by atoms with Crippen molar-refractivity contribution < 1.29 is 47.4 Å². The van der Waals surface area contributed by atoms with E-state index in [-0.39, 0.29) is 32.7 Å². The molecule has 5 heavy (non-hydrogen) atoms. The molecule has 3 N–H and O–H groups in total. The monoisotopic (exact) mass is 171 g/mol. The van der Waals surface area contributed by atoms with Crippen molar-refractivity contribution in [3.8, 4) is 0 Å². The smallest absolute Gasteiger partial charge is 0.324 e. The molecule has 0 amide bonds. The van der Waals surface area contributed by atoms with Crippen molar-refractivity contribution in [3.05, 3.63) is 0 Å². The van der Waals surface area contributed by atoms with E-state index in [9.17, 15) is 0 Å². The third-order valence-corrected chi connectivity index (χ3v) is 0. The SMILES string of the molecule is OP(O)O.[Y]. The molecule has 0 aromatic heterocycles. The first kappa shape index (κ1) is 9.65. The zero-order valence-corrected chi connectivity index (χ0v) is 6.10. The van der Waals surface area contributed by atoms with E-state index in [1.54, 1.807) is 0 Å². The number of hydrogen-bond acceptors (Lipinski definition) is 3. The summed E-state index contributed by atoms with van der Waals surface area (Å²) < 4.78 is 0. The number of hydrogen-bond donors (Lipinski definition) is 3. The largest absolute Gasteiger partial charge is 0.328 e. The molecule has 0 heterocycles. The predicted molar refractivity (Wildman–Crippen MR) is 13.6 cm³/mol. The van der Waals surface area contributed by atoms with E-state index >= 15 is 0 Å². The first-order valence-electron chi connectivity index (χ1n) is 0.600. The van der Waals surface area contributed by atoms with Crippen LogP contribution in [0.15, 0.2) is 0 Å². The fourth-order valence-corrected chi connectivity index (χ4v) is 0. The van der Waals surface area contributed by atoms with Crippen molar-refractivity contribution in [2.75, 3.05) is 0 Å². The van der Waals surface area contributed by atoms with Gasteiger partial charge in [-0.15, -0.1) is 0 Å². The summed E-state index contributed by atoms with van der Waals surface area (Å²) in [6.07, 6.45) is 0. The second-order valence-electron chi connectivity index (χ2n) is 0.268. The molecule has 3 nitrogen and oxygen atoms in total. The minimum Gasteiger partial charge on any atom is -0.328 e. The third kappa shape index (κ3) is 31.6. The Morgan fingerprint density at radius 2 is 1.00 bits per heavy atom. The minimum atomic E-state index is -2.62. The van der Waals surface area contributed by atoms with Gasteiger partial charge >= 0.3 is 8.60 Å². The Morgan fingerprint density at radius 1 is 1.00 bits per heavy atom. The summed E-state index contributed by atoms with van der Waals surface area (Å²) >= 11 is 0. The van der Waals surface area contributed by atoms with Crippen molar-refractivity contribution in [2.24, 2.45) is 0 Å². The summed E-state index contributed by atoms with van der Waals surface area (Å²) in [6, 6.07) is 0. The zero-order valence-electron chi connectivity index (χ0n) is 2.37. The molecule has 0 bridgehead atoms. The van der Waals surface area contributed by atoms with Gasteiger partial charge < -0.3 is 14.7 Å². The standard InChI is InChI=1S/H3O3P.Y/c1-4(2)3;/h1-3H;. The van der Waals surface area contributed by atoms with Crippen LogP contribution in [-0.2, 0) is 32.7 Å². The summed E-state index contributed by atoms with van der Waals surface area (Å²) in [7, 11) is -2.62. The van der Waals surface area contributed by atoms with Gasteiger partial charge in [0.15, 0.2) is 0 Å². The maximum absolute atomic E-state index is 7.23. The molecular formula is H3O3PY. The summed E-state index contributed by atoms with van der Waals surface area (Å²) in [5, 5.41) is 0. The Hall–Kier alpha value is 1.41. The molecule has 0 aliphatic heterocycles. The fraction of sp³-hybridized carbons (Fsp3) is 0. The first-order chi connectivity index (χ1) is 1.73. The van der Waals surface area contributed by atoms with Gasteiger partial charge in [0.25, 0.3) is 0 Å². The van der Waals surface area contributed by atoms with E-state index in [2.05, 4.69) is 0 Å². The van der Waals surface area contributed by atoms with Gasteiger partial charge in [-0.1, -0.05) is 0 Å². The van der Waals surface area contributed by atoms with Gasteiger partial charge in [0, 0.05) is 32.7 Å². The molecule has 0 spiro atoms. The van der Waals surface area contributed by atoms with E-state index in [4.69, 9.17) is 14.7 Å². The molecule has 5 heteroatoms. The van der Waals surface area contributed by atoms with Gasteiger partial charge in [-0.05, 0) is 0 Å². The molecule has 0 atom stereocenters. The van der Waals surface area contributed by atoms with E-state index in [1.165, 1.54) is 0 Å². The quantitative estimate of drug-likeness (QED) is 0.417. The van der Waals surface area contributed by atoms with Crippen LogP contribution in [0, 0.1) is 0 Å². The maximum atomic E-state index is 7.23. The van der Waals surface area contributed by atoms with Crippen LogP contribution in [0.1, 0.15) is 0 Å². The van der Waals surface area contributed by atoms with Gasteiger partial charge in [-0.2, -0.15) is 0 Å². The Bertz CT molecular complexity index is 11.6. The Balaban J connectivity index is 0. The zero-order chi connectivity index (χ0) is 3.58. The van der Waals surface area contributed by atoms with Crippen molar-refractivity contribution >= 4 is 8.60 Å². The summed E-state index contributed by atoms with van der Waals surface area (Å²) in [5.74, 6) is 0. The summed E-state index contributed by atoms with van der Waals surface area (Å²) in [4.78, 5) is 21.7. The van der Waals surface area contributed by atoms with Crippen LogP contribution in [0.2, 0.25) is 0 Å². The van der Waals surface area contributed by atoms with Crippen LogP contribution in [0.4, 0.5) is 0 Å². The molecule has 0 rings (SSSR count). The normalized spacial score (nSPS) is 7.20. The Labute approximate surface area is 55.9 Å². The Kier molecular flexibility index (Phi) is 10.4. The van der Waals surface area contributed by atoms with Crippen LogP contribution >= 0.6 is 8.60 Å². The molecular weight excluding hydrogens is 168 g/mol. The van der Waals surface area contributed by atoms with Gasteiger partial charge in [0.1, 0.15) is 0 Å². The van der Waals surface area contributed by atoms with Crippen molar-refractivity contribution in [1.29, 1.82) is 0 Å². The second-order valence-corrected chi connectivity index (χ2v) is 0.805. The predicted octanol–water partition coefficient (Wildman–Crippen LogP) is -0.812. The summed E-state index contributed by atoms with van der Waals surface area (Å²) in [6.45, 7) is 0. The molecule has 0 aliphatic carbocycles. The molecule has 0 aromatic carbocycles. The van der Waals surface area contributed by atoms with Crippen molar-refractivity contribution in [1.82, 2.24) is 0 Å². The van der Waals surface area contributed by atoms with E-state index in [0.717, 1.165) is 0 Å². The van der Waals surface area contributed by atoms with Gasteiger partial charge in [0.2, 0.25) is 0 Å². The molecule has 0 aliphatic rings. The minimum absolute atomic E-state index is 0. The summed E-state index contributed by atoms with van der Waals surface area (Å²) in [5.41, 5.74) is 0. The second kappa shape index (κ2) is 5.41. The molecule has 0 saturated heterocycles. The van der Waals surface area contributed by atoms with Crippen molar-refractivity contribution in [3.63, 3.8) is 0 Å². The maximum Gasteiger partial charge on any atom is 0.324 e. The van der Waals surface area contributed by atoms with Crippen LogP contribution in [-0.4, -0.2) is 14.7 Å². The van der Waals surface area contributed by atoms with Crippen molar-refractivity contribution in [2.45, 2.75) is 0 Å². The third-order valence-electron chi connectivity index (χ3n) is 0. The molecule has 1 radical (unpaired) electrons. The molecule has 0 saturated carbocycles. The topological polar surface area (TPSA) is 60.7 Å². The molecule has 0 unspecified atom stereocenters. The fourth-order valence-electron chi connectivity index (χ4n) is 0. The molecule has 0 aromatic rings. The van der Waals surface area contributed by atoms with Crippen LogP contribution in [0.25, 0.3) is 0 Å². The molecule has 29 valence electrons. The van der Waals surface area contributed by atoms with Gasteiger partial charge in [0.05, 0.1) is 0 Å².